The Morgan fingerprint density at radius 3 is 2.76 bits per heavy atom. The molecule has 1 aromatic heterocycles. The van der Waals surface area contributed by atoms with E-state index in [1.165, 1.54) is 0 Å². The van der Waals surface area contributed by atoms with E-state index in [0.717, 1.165) is 40.6 Å². The number of rotatable bonds is 2. The van der Waals surface area contributed by atoms with Gasteiger partial charge in [0.2, 0.25) is 11.8 Å². The van der Waals surface area contributed by atoms with Gasteiger partial charge in [-0.05, 0) is 37.3 Å². The number of H-pyrrole nitrogens is 1. The van der Waals surface area contributed by atoms with E-state index in [0.29, 0.717) is 17.4 Å². The summed E-state index contributed by atoms with van der Waals surface area (Å²) in [6.45, 7) is 0. The molecule has 2 atom stereocenters. The fraction of sp³-hybridized carbons (Fsp3) is 0.263. The Hall–Kier alpha value is -2.52. The summed E-state index contributed by atoms with van der Waals surface area (Å²) in [4.78, 5) is 0. The first-order valence-electron chi connectivity index (χ1n) is 8.26. The molecule has 0 bridgehead atoms. The van der Waals surface area contributed by atoms with E-state index in [9.17, 15) is 5.26 Å². The molecule has 2 heterocycles. The first-order chi connectivity index (χ1) is 12.2. The molecule has 0 unspecified atom stereocenters. The van der Waals surface area contributed by atoms with Crippen LogP contribution < -0.4 is 10.5 Å². The Balaban J connectivity index is 1.86. The SMILES string of the molecule is N#CC1=C(N)Oc2n[nH]c(-c3ccc(Br)cc3)c2[C@H]1[C@H]1CC=CCC1. The highest BCUT2D eigenvalue weighted by Crippen LogP contribution is 2.48. The van der Waals surface area contributed by atoms with Gasteiger partial charge in [-0.25, -0.2) is 0 Å². The number of fused-ring (bicyclic) bond motifs is 1. The van der Waals surface area contributed by atoms with Crippen LogP contribution >= 0.6 is 15.9 Å². The van der Waals surface area contributed by atoms with Crippen molar-refractivity contribution in [3.63, 3.8) is 0 Å². The van der Waals surface area contributed by atoms with Crippen LogP contribution in [-0.4, -0.2) is 10.2 Å². The van der Waals surface area contributed by atoms with Gasteiger partial charge >= 0.3 is 0 Å². The summed E-state index contributed by atoms with van der Waals surface area (Å²) in [6, 6.07) is 10.3. The highest BCUT2D eigenvalue weighted by atomic mass is 79.9. The zero-order chi connectivity index (χ0) is 17.4. The summed E-state index contributed by atoms with van der Waals surface area (Å²) < 4.78 is 6.66. The van der Waals surface area contributed by atoms with E-state index in [4.69, 9.17) is 10.5 Å². The maximum atomic E-state index is 9.70. The van der Waals surface area contributed by atoms with Crippen LogP contribution in [0.2, 0.25) is 0 Å². The van der Waals surface area contributed by atoms with E-state index >= 15 is 0 Å². The lowest BCUT2D eigenvalue weighted by Crippen LogP contribution is -2.25. The fourth-order valence-corrected chi connectivity index (χ4v) is 3.97. The average molecular weight is 397 g/mol. The van der Waals surface area contributed by atoms with E-state index in [1.807, 2.05) is 24.3 Å². The van der Waals surface area contributed by atoms with Crippen LogP contribution in [0.3, 0.4) is 0 Å². The molecule has 3 N–H and O–H groups in total. The quantitative estimate of drug-likeness (QED) is 0.737. The molecule has 0 amide bonds. The van der Waals surface area contributed by atoms with Crippen LogP contribution in [0, 0.1) is 17.2 Å². The molecule has 4 rings (SSSR count). The number of ether oxygens (including phenoxy) is 1. The lowest BCUT2D eigenvalue weighted by molar-refractivity contribution is 0.340. The molecule has 2 aromatic rings. The highest BCUT2D eigenvalue weighted by Gasteiger charge is 2.38. The van der Waals surface area contributed by atoms with Gasteiger partial charge in [0.1, 0.15) is 6.07 Å². The molecule has 0 fully saturated rings. The van der Waals surface area contributed by atoms with Crippen molar-refractivity contribution in [2.45, 2.75) is 25.2 Å². The van der Waals surface area contributed by atoms with Crippen molar-refractivity contribution in [1.29, 1.82) is 5.26 Å². The van der Waals surface area contributed by atoms with Crippen LogP contribution in [0.1, 0.15) is 30.7 Å². The Bertz CT molecular complexity index is 904. The third-order valence-corrected chi connectivity index (χ3v) is 5.43. The van der Waals surface area contributed by atoms with Gasteiger partial charge in [0.25, 0.3) is 0 Å². The van der Waals surface area contributed by atoms with Crippen LogP contribution in [0.15, 0.2) is 52.3 Å². The topological polar surface area (TPSA) is 87.7 Å². The normalized spacial score (nSPS) is 22.2. The zero-order valence-corrected chi connectivity index (χ0v) is 15.1. The lowest BCUT2D eigenvalue weighted by Gasteiger charge is -2.31. The maximum Gasteiger partial charge on any atom is 0.244 e. The predicted octanol–water partition coefficient (Wildman–Crippen LogP) is 4.37. The van der Waals surface area contributed by atoms with E-state index in [1.54, 1.807) is 0 Å². The van der Waals surface area contributed by atoms with Crippen LogP contribution in [0.25, 0.3) is 11.3 Å². The third kappa shape index (κ3) is 2.75. The van der Waals surface area contributed by atoms with E-state index in [-0.39, 0.29) is 11.8 Å². The standard InChI is InChI=1S/C19H17BrN4O/c20-13-8-6-12(7-9-13)17-16-15(11-4-2-1-3-5-11)14(10-21)18(22)25-19(16)24-23-17/h1-2,6-9,11,15H,3-5,22H2,(H,23,24)/t11-,15-/m0/s1. The summed E-state index contributed by atoms with van der Waals surface area (Å²) in [5, 5.41) is 17.1. The second-order valence-electron chi connectivity index (χ2n) is 6.34. The molecule has 0 radical (unpaired) electrons. The second-order valence-corrected chi connectivity index (χ2v) is 7.25. The van der Waals surface area contributed by atoms with Gasteiger partial charge in [0.05, 0.1) is 16.8 Å². The van der Waals surface area contributed by atoms with Crippen LogP contribution in [-0.2, 0) is 0 Å². The molecule has 1 aliphatic heterocycles. The van der Waals surface area contributed by atoms with Crippen molar-refractivity contribution >= 4 is 15.9 Å². The van der Waals surface area contributed by atoms with E-state index in [2.05, 4.69) is 44.3 Å². The van der Waals surface area contributed by atoms with Gasteiger partial charge in [0, 0.05) is 16.0 Å². The number of benzene rings is 1. The zero-order valence-electron chi connectivity index (χ0n) is 13.5. The van der Waals surface area contributed by atoms with Crippen LogP contribution in [0.5, 0.6) is 5.88 Å². The molecule has 1 aromatic carbocycles. The number of hydrogen-bond donors (Lipinski definition) is 2. The first kappa shape index (κ1) is 16.0. The second kappa shape index (κ2) is 6.41. The summed E-state index contributed by atoms with van der Waals surface area (Å²) in [5.74, 6) is 0.862. The predicted molar refractivity (Wildman–Crippen MR) is 98.4 cm³/mol. The maximum absolute atomic E-state index is 9.70. The molecular formula is C19H17BrN4O. The summed E-state index contributed by atoms with van der Waals surface area (Å²) in [7, 11) is 0. The summed E-state index contributed by atoms with van der Waals surface area (Å²) in [6.07, 6.45) is 7.34. The van der Waals surface area contributed by atoms with Gasteiger partial charge in [0.15, 0.2) is 0 Å². The van der Waals surface area contributed by atoms with Crippen molar-refractivity contribution in [2.24, 2.45) is 11.7 Å². The van der Waals surface area contributed by atoms with Crippen LogP contribution in [0.4, 0.5) is 0 Å². The molecule has 0 saturated heterocycles. The van der Waals surface area contributed by atoms with Gasteiger partial charge in [-0.3, -0.25) is 5.10 Å². The highest BCUT2D eigenvalue weighted by molar-refractivity contribution is 9.10. The number of aromatic nitrogens is 2. The number of nitrogens with one attached hydrogen (secondary N) is 1. The molecule has 0 saturated carbocycles. The lowest BCUT2D eigenvalue weighted by atomic mass is 9.74. The molecule has 25 heavy (non-hydrogen) atoms. The van der Waals surface area contributed by atoms with Crippen molar-refractivity contribution in [3.8, 4) is 23.2 Å². The number of aromatic amines is 1. The molecule has 2 aliphatic rings. The Morgan fingerprint density at radius 1 is 1.28 bits per heavy atom. The van der Waals surface area contributed by atoms with E-state index < -0.39 is 0 Å². The number of allylic oxidation sites excluding steroid dienone is 3. The molecular weight excluding hydrogens is 380 g/mol. The Kier molecular flexibility index (Phi) is 4.10. The number of hydrogen-bond acceptors (Lipinski definition) is 4. The molecule has 126 valence electrons. The first-order valence-corrected chi connectivity index (χ1v) is 9.05. The van der Waals surface area contributed by atoms with Crippen molar-refractivity contribution in [1.82, 2.24) is 10.2 Å². The monoisotopic (exact) mass is 396 g/mol. The summed E-state index contributed by atoms with van der Waals surface area (Å²) >= 11 is 3.46. The average Bonchev–Trinajstić information content (AvgIpc) is 3.05. The Labute approximate surface area is 154 Å². The number of nitriles is 1. The number of nitrogens with zero attached hydrogens (tertiary/aromatic N) is 2. The van der Waals surface area contributed by atoms with Gasteiger partial charge < -0.3 is 10.5 Å². The third-order valence-electron chi connectivity index (χ3n) is 4.90. The summed E-state index contributed by atoms with van der Waals surface area (Å²) in [5.41, 5.74) is 9.37. The molecule has 5 nitrogen and oxygen atoms in total. The molecule has 1 aliphatic carbocycles. The number of halogens is 1. The van der Waals surface area contributed by atoms with Crippen molar-refractivity contribution in [2.75, 3.05) is 0 Å². The molecule has 6 heteroatoms. The van der Waals surface area contributed by atoms with Crippen molar-refractivity contribution < 1.29 is 4.74 Å². The minimum absolute atomic E-state index is 0.101. The molecule has 0 spiro atoms. The van der Waals surface area contributed by atoms with Gasteiger partial charge in [-0.1, -0.05) is 40.2 Å². The number of nitrogens with two attached hydrogens (primary N) is 1. The minimum atomic E-state index is -0.101. The smallest absolute Gasteiger partial charge is 0.244 e. The van der Waals surface area contributed by atoms with Gasteiger partial charge in [-0.2, -0.15) is 5.26 Å². The van der Waals surface area contributed by atoms with Gasteiger partial charge in [-0.15, -0.1) is 5.10 Å². The minimum Gasteiger partial charge on any atom is -0.420 e. The Morgan fingerprint density at radius 2 is 2.08 bits per heavy atom. The largest absolute Gasteiger partial charge is 0.420 e. The fourth-order valence-electron chi connectivity index (χ4n) is 3.71. The van der Waals surface area contributed by atoms with Crippen molar-refractivity contribution in [3.05, 3.63) is 57.9 Å².